The maximum atomic E-state index is 12.4. The summed E-state index contributed by atoms with van der Waals surface area (Å²) in [5, 5.41) is 17.9. The van der Waals surface area contributed by atoms with Crippen molar-refractivity contribution in [2.45, 2.75) is 6.10 Å². The third-order valence-electron chi connectivity index (χ3n) is 4.24. The lowest BCUT2D eigenvalue weighted by molar-refractivity contribution is -0.124. The number of halogens is 2. The first-order chi connectivity index (χ1) is 13.9. The van der Waals surface area contributed by atoms with Crippen molar-refractivity contribution in [3.05, 3.63) is 70.6 Å². The minimum Gasteiger partial charge on any atom is -0.382 e. The maximum absolute atomic E-state index is 12.4. The quantitative estimate of drug-likeness (QED) is 0.458. The predicted molar refractivity (Wildman–Crippen MR) is 111 cm³/mol. The summed E-state index contributed by atoms with van der Waals surface area (Å²) in [5.74, 6) is -0.344. The van der Waals surface area contributed by atoms with Crippen molar-refractivity contribution in [2.24, 2.45) is 0 Å². The zero-order valence-corrected chi connectivity index (χ0v) is 16.3. The average molecular weight is 429 g/mol. The van der Waals surface area contributed by atoms with Crippen molar-refractivity contribution in [1.82, 2.24) is 19.7 Å². The molecule has 0 spiro atoms. The molecule has 4 rings (SSSR count). The van der Waals surface area contributed by atoms with Gasteiger partial charge >= 0.3 is 0 Å². The van der Waals surface area contributed by atoms with Gasteiger partial charge in [0.1, 0.15) is 17.4 Å². The standard InChI is InChI=1S/C19H14Cl2N6O2/c20-11-3-1-2-10(6-11)17(28)19(29)26-12-4-5-15(13(21)7-12)27-16-14(8-25-27)23-9-24-18(16)22/h1-9,17,28H,(H,26,29)(H2,22,23,24)/t17-/m1/s1. The van der Waals surface area contributed by atoms with Gasteiger partial charge in [0.05, 0.1) is 16.9 Å². The molecule has 0 saturated carbocycles. The fourth-order valence-corrected chi connectivity index (χ4v) is 3.33. The van der Waals surface area contributed by atoms with Gasteiger partial charge in [0, 0.05) is 10.7 Å². The molecular weight excluding hydrogens is 415 g/mol. The molecule has 2 heterocycles. The number of carbonyl (C=O) groups excluding carboxylic acids is 1. The second kappa shape index (κ2) is 7.67. The fourth-order valence-electron chi connectivity index (χ4n) is 2.87. The first-order valence-corrected chi connectivity index (χ1v) is 9.18. The predicted octanol–water partition coefficient (Wildman–Crippen LogP) is 3.38. The summed E-state index contributed by atoms with van der Waals surface area (Å²) < 4.78 is 1.53. The number of hydrogen-bond donors (Lipinski definition) is 3. The summed E-state index contributed by atoms with van der Waals surface area (Å²) >= 11 is 12.3. The molecule has 10 heteroatoms. The van der Waals surface area contributed by atoms with E-state index in [-0.39, 0.29) is 5.82 Å². The molecule has 146 valence electrons. The fraction of sp³-hybridized carbons (Fsp3) is 0.0526. The van der Waals surface area contributed by atoms with Gasteiger partial charge in [0.15, 0.2) is 11.9 Å². The Morgan fingerprint density at radius 2 is 2.00 bits per heavy atom. The van der Waals surface area contributed by atoms with Crippen LogP contribution in [-0.2, 0) is 4.79 Å². The van der Waals surface area contributed by atoms with E-state index < -0.39 is 12.0 Å². The average Bonchev–Trinajstić information content (AvgIpc) is 3.13. The lowest BCUT2D eigenvalue weighted by Gasteiger charge is -2.13. The minimum absolute atomic E-state index is 0.269. The highest BCUT2D eigenvalue weighted by molar-refractivity contribution is 6.33. The molecule has 0 fully saturated rings. The SMILES string of the molecule is Nc1ncnc2cnn(-c3ccc(NC(=O)[C@H](O)c4cccc(Cl)c4)cc3Cl)c12. The number of rotatable bonds is 4. The van der Waals surface area contributed by atoms with Crippen molar-refractivity contribution in [3.8, 4) is 5.69 Å². The molecule has 0 saturated heterocycles. The highest BCUT2D eigenvalue weighted by Crippen LogP contribution is 2.28. The third-order valence-corrected chi connectivity index (χ3v) is 4.78. The van der Waals surface area contributed by atoms with Gasteiger partial charge in [-0.1, -0.05) is 35.3 Å². The van der Waals surface area contributed by atoms with Gasteiger partial charge in [-0.15, -0.1) is 0 Å². The first kappa shape index (κ1) is 19.1. The molecule has 1 atom stereocenters. The number of nitrogens with two attached hydrogens (primary N) is 1. The lowest BCUT2D eigenvalue weighted by atomic mass is 10.1. The number of nitrogens with zero attached hydrogens (tertiary/aromatic N) is 4. The van der Waals surface area contributed by atoms with E-state index in [0.29, 0.717) is 38.0 Å². The third kappa shape index (κ3) is 3.73. The van der Waals surface area contributed by atoms with E-state index >= 15 is 0 Å². The number of aliphatic hydroxyl groups excluding tert-OH is 1. The molecule has 0 aliphatic rings. The van der Waals surface area contributed by atoms with E-state index in [4.69, 9.17) is 28.9 Å². The number of fused-ring (bicyclic) bond motifs is 1. The number of aliphatic hydroxyl groups is 1. The van der Waals surface area contributed by atoms with Gasteiger partial charge in [0.2, 0.25) is 0 Å². The first-order valence-electron chi connectivity index (χ1n) is 8.42. The van der Waals surface area contributed by atoms with Gasteiger partial charge in [-0.2, -0.15) is 5.10 Å². The number of carbonyl (C=O) groups is 1. The summed E-state index contributed by atoms with van der Waals surface area (Å²) in [7, 11) is 0. The van der Waals surface area contributed by atoms with E-state index in [1.165, 1.54) is 17.1 Å². The summed E-state index contributed by atoms with van der Waals surface area (Å²) in [6.07, 6.45) is 1.54. The smallest absolute Gasteiger partial charge is 0.257 e. The maximum Gasteiger partial charge on any atom is 0.257 e. The summed E-state index contributed by atoms with van der Waals surface area (Å²) in [6.45, 7) is 0. The Kier molecular flexibility index (Phi) is 5.06. The van der Waals surface area contributed by atoms with Crippen molar-refractivity contribution < 1.29 is 9.90 Å². The molecule has 0 radical (unpaired) electrons. The number of amides is 1. The topological polar surface area (TPSA) is 119 Å². The van der Waals surface area contributed by atoms with Crippen LogP contribution in [0.3, 0.4) is 0 Å². The molecule has 0 unspecified atom stereocenters. The van der Waals surface area contributed by atoms with Crippen molar-refractivity contribution in [3.63, 3.8) is 0 Å². The highest BCUT2D eigenvalue weighted by Gasteiger charge is 2.19. The Labute approximate surface area is 174 Å². The molecule has 2 aromatic carbocycles. The van der Waals surface area contributed by atoms with Gasteiger partial charge in [-0.25, -0.2) is 14.6 Å². The van der Waals surface area contributed by atoms with Crippen LogP contribution in [0.15, 0.2) is 55.0 Å². The van der Waals surface area contributed by atoms with E-state index in [2.05, 4.69) is 20.4 Å². The Balaban J connectivity index is 1.60. The molecule has 4 aromatic rings. The van der Waals surface area contributed by atoms with Crippen LogP contribution in [0.5, 0.6) is 0 Å². The van der Waals surface area contributed by atoms with Crippen LogP contribution in [0.2, 0.25) is 10.0 Å². The molecule has 2 aromatic heterocycles. The van der Waals surface area contributed by atoms with Crippen LogP contribution in [0.4, 0.5) is 11.5 Å². The number of nitrogen functional groups attached to an aromatic ring is 1. The van der Waals surface area contributed by atoms with E-state index in [0.717, 1.165) is 0 Å². The molecular formula is C19H14Cl2N6O2. The molecule has 4 N–H and O–H groups in total. The van der Waals surface area contributed by atoms with Crippen LogP contribution in [-0.4, -0.2) is 30.8 Å². The summed E-state index contributed by atoms with van der Waals surface area (Å²) in [4.78, 5) is 20.5. The van der Waals surface area contributed by atoms with Crippen molar-refractivity contribution >= 4 is 51.6 Å². The van der Waals surface area contributed by atoms with Crippen LogP contribution < -0.4 is 11.1 Å². The molecule has 1 amide bonds. The highest BCUT2D eigenvalue weighted by atomic mass is 35.5. The van der Waals surface area contributed by atoms with Crippen molar-refractivity contribution in [1.29, 1.82) is 0 Å². The van der Waals surface area contributed by atoms with Crippen LogP contribution >= 0.6 is 23.2 Å². The Bertz CT molecular complexity index is 1230. The van der Waals surface area contributed by atoms with Crippen molar-refractivity contribution in [2.75, 3.05) is 11.1 Å². The normalized spacial score (nSPS) is 12.1. The molecule has 0 aliphatic heterocycles. The summed E-state index contributed by atoms with van der Waals surface area (Å²) in [5.41, 5.74) is 8.38. The zero-order chi connectivity index (χ0) is 20.5. The minimum atomic E-state index is -1.38. The summed E-state index contributed by atoms with van der Waals surface area (Å²) in [6, 6.07) is 11.3. The second-order valence-corrected chi connectivity index (χ2v) is 7.01. The molecule has 0 bridgehead atoms. The van der Waals surface area contributed by atoms with Crippen LogP contribution in [0.1, 0.15) is 11.7 Å². The Morgan fingerprint density at radius 3 is 2.76 bits per heavy atom. The van der Waals surface area contributed by atoms with Gasteiger partial charge < -0.3 is 16.2 Å². The number of anilines is 2. The van der Waals surface area contributed by atoms with E-state index in [9.17, 15) is 9.90 Å². The molecule has 0 aliphatic carbocycles. The van der Waals surface area contributed by atoms with Crippen LogP contribution in [0, 0.1) is 0 Å². The Morgan fingerprint density at radius 1 is 1.17 bits per heavy atom. The molecule has 8 nitrogen and oxygen atoms in total. The largest absolute Gasteiger partial charge is 0.382 e. The number of hydrogen-bond acceptors (Lipinski definition) is 6. The van der Waals surface area contributed by atoms with Gasteiger partial charge in [-0.3, -0.25) is 4.79 Å². The van der Waals surface area contributed by atoms with Gasteiger partial charge in [0.25, 0.3) is 5.91 Å². The molecule has 29 heavy (non-hydrogen) atoms. The number of nitrogens with one attached hydrogen (secondary N) is 1. The monoisotopic (exact) mass is 428 g/mol. The number of aromatic nitrogens is 4. The second-order valence-electron chi connectivity index (χ2n) is 6.16. The van der Waals surface area contributed by atoms with Gasteiger partial charge in [-0.05, 0) is 35.9 Å². The van der Waals surface area contributed by atoms with Crippen LogP contribution in [0.25, 0.3) is 16.7 Å². The number of benzene rings is 2. The van der Waals surface area contributed by atoms with E-state index in [1.54, 1.807) is 42.6 Å². The zero-order valence-electron chi connectivity index (χ0n) is 14.8. The lowest BCUT2D eigenvalue weighted by Crippen LogP contribution is -2.20. The Hall–Kier alpha value is -3.20. The van der Waals surface area contributed by atoms with E-state index in [1.807, 2.05) is 0 Å².